The molecule has 0 aliphatic heterocycles. The van der Waals surface area contributed by atoms with E-state index in [2.05, 4.69) is 31.0 Å². The van der Waals surface area contributed by atoms with Crippen LogP contribution >= 0.6 is 27.5 Å². The van der Waals surface area contributed by atoms with Crippen molar-refractivity contribution in [3.8, 4) is 17.4 Å². The van der Waals surface area contributed by atoms with Crippen molar-refractivity contribution in [3.05, 3.63) is 90.0 Å². The van der Waals surface area contributed by atoms with E-state index in [1.54, 1.807) is 24.3 Å². The molecule has 0 radical (unpaired) electrons. The third-order valence-corrected chi connectivity index (χ3v) is 5.62. The molecule has 2 heterocycles. The van der Waals surface area contributed by atoms with E-state index in [1.807, 2.05) is 13.0 Å². The molecule has 35 heavy (non-hydrogen) atoms. The summed E-state index contributed by atoms with van der Waals surface area (Å²) >= 11 is 9.63. The van der Waals surface area contributed by atoms with Crippen LogP contribution in [0.1, 0.15) is 18.3 Å². The Morgan fingerprint density at radius 3 is 2.71 bits per heavy atom. The highest BCUT2D eigenvalue weighted by Gasteiger charge is 2.16. The first-order valence-corrected chi connectivity index (χ1v) is 11.4. The molecular weight excluding hydrogens is 542 g/mol. The van der Waals surface area contributed by atoms with Gasteiger partial charge in [0.25, 0.3) is 11.2 Å². The Labute approximate surface area is 212 Å². The molecular formula is C23H17BrClN5O5. The van der Waals surface area contributed by atoms with Gasteiger partial charge in [-0.15, -0.1) is 0 Å². The molecule has 2 aromatic carbocycles. The van der Waals surface area contributed by atoms with E-state index in [-0.39, 0.29) is 28.6 Å². The van der Waals surface area contributed by atoms with Gasteiger partial charge in [0.1, 0.15) is 12.0 Å². The standard InChI is InChI=1S/C23H17BrClN5O5/c1-3-20-28-18-6-4-14(24)9-17(18)23(31)29(20)27-11-13-8-15(25)10-19(34-2)22(13)35-21-7-5-16(12-26-21)30(32)33/h4-12H,3H2,1-2H3. The van der Waals surface area contributed by atoms with E-state index in [0.29, 0.717) is 33.7 Å². The van der Waals surface area contributed by atoms with Gasteiger partial charge < -0.3 is 9.47 Å². The monoisotopic (exact) mass is 557 g/mol. The zero-order valence-electron chi connectivity index (χ0n) is 18.4. The summed E-state index contributed by atoms with van der Waals surface area (Å²) < 4.78 is 13.2. The Balaban J connectivity index is 1.80. The molecule has 10 nitrogen and oxygen atoms in total. The fourth-order valence-electron chi connectivity index (χ4n) is 3.25. The molecule has 0 spiro atoms. The van der Waals surface area contributed by atoms with Gasteiger partial charge in [0, 0.05) is 39.7 Å². The fraction of sp³-hybridized carbons (Fsp3) is 0.130. The maximum atomic E-state index is 13.2. The van der Waals surface area contributed by atoms with Gasteiger partial charge in [0.15, 0.2) is 11.5 Å². The first-order chi connectivity index (χ1) is 16.8. The number of rotatable bonds is 7. The van der Waals surface area contributed by atoms with Crippen LogP contribution in [0, 0.1) is 10.1 Å². The Bertz CT molecular complexity index is 1520. The molecule has 0 aliphatic carbocycles. The highest BCUT2D eigenvalue weighted by molar-refractivity contribution is 9.10. The first-order valence-electron chi connectivity index (χ1n) is 10.2. The maximum absolute atomic E-state index is 13.2. The summed E-state index contributed by atoms with van der Waals surface area (Å²) in [4.78, 5) is 32.0. The highest BCUT2D eigenvalue weighted by atomic mass is 79.9. The molecule has 0 saturated carbocycles. The lowest BCUT2D eigenvalue weighted by molar-refractivity contribution is -0.385. The zero-order valence-corrected chi connectivity index (χ0v) is 20.8. The van der Waals surface area contributed by atoms with Crippen molar-refractivity contribution >= 4 is 50.3 Å². The lowest BCUT2D eigenvalue weighted by atomic mass is 10.2. The normalized spacial score (nSPS) is 11.2. The summed E-state index contributed by atoms with van der Waals surface area (Å²) in [6.07, 6.45) is 2.95. The van der Waals surface area contributed by atoms with Crippen molar-refractivity contribution in [2.75, 3.05) is 7.11 Å². The molecule has 0 fully saturated rings. The lowest BCUT2D eigenvalue weighted by Gasteiger charge is -2.13. The SMILES string of the molecule is CCc1nc2ccc(Br)cc2c(=O)n1N=Cc1cc(Cl)cc(OC)c1Oc1ccc([N+](=O)[O-])cn1. The summed E-state index contributed by atoms with van der Waals surface area (Å²) in [6.45, 7) is 1.87. The number of aryl methyl sites for hydroxylation is 1. The third kappa shape index (κ3) is 5.15. The number of ether oxygens (including phenoxy) is 2. The predicted molar refractivity (Wildman–Crippen MR) is 135 cm³/mol. The van der Waals surface area contributed by atoms with Gasteiger partial charge >= 0.3 is 0 Å². The van der Waals surface area contributed by atoms with E-state index < -0.39 is 4.92 Å². The molecule has 0 unspecified atom stereocenters. The predicted octanol–water partition coefficient (Wildman–Crippen LogP) is 5.36. The Morgan fingerprint density at radius 1 is 1.26 bits per heavy atom. The molecule has 12 heteroatoms. The van der Waals surface area contributed by atoms with Gasteiger partial charge in [-0.1, -0.05) is 34.5 Å². The quantitative estimate of drug-likeness (QED) is 0.170. The van der Waals surface area contributed by atoms with Crippen molar-refractivity contribution in [2.45, 2.75) is 13.3 Å². The zero-order chi connectivity index (χ0) is 25.1. The highest BCUT2D eigenvalue weighted by Crippen LogP contribution is 2.36. The van der Waals surface area contributed by atoms with Crippen LogP contribution in [0.25, 0.3) is 10.9 Å². The number of benzene rings is 2. The first kappa shape index (κ1) is 24.3. The number of fused-ring (bicyclic) bond motifs is 1. The number of nitrogens with zero attached hydrogens (tertiary/aromatic N) is 5. The molecule has 2 aromatic heterocycles. The molecule has 0 aliphatic rings. The summed E-state index contributed by atoms with van der Waals surface area (Å²) in [5, 5.41) is 16.0. The van der Waals surface area contributed by atoms with Gasteiger partial charge in [-0.2, -0.15) is 9.78 Å². The second-order valence-corrected chi connectivity index (χ2v) is 8.50. The second kappa shape index (κ2) is 10.2. The Kier molecular flexibility index (Phi) is 7.08. The average molecular weight is 559 g/mol. The minimum absolute atomic E-state index is 0.0921. The largest absolute Gasteiger partial charge is 0.493 e. The van der Waals surface area contributed by atoms with Crippen molar-refractivity contribution in [1.29, 1.82) is 0 Å². The lowest BCUT2D eigenvalue weighted by Crippen LogP contribution is -2.22. The summed E-state index contributed by atoms with van der Waals surface area (Å²) in [5.41, 5.74) is 0.444. The molecule has 178 valence electrons. The van der Waals surface area contributed by atoms with Gasteiger partial charge in [-0.05, 0) is 24.3 Å². The minimum atomic E-state index is -0.559. The Hall–Kier alpha value is -3.83. The average Bonchev–Trinajstić information content (AvgIpc) is 2.85. The number of halogens is 2. The molecule has 0 bridgehead atoms. The van der Waals surface area contributed by atoms with Crippen LogP contribution in [0.15, 0.2) is 63.0 Å². The summed E-state index contributed by atoms with van der Waals surface area (Å²) in [5.74, 6) is 1.05. The van der Waals surface area contributed by atoms with Crippen LogP contribution in [-0.2, 0) is 6.42 Å². The van der Waals surface area contributed by atoms with Gasteiger partial charge in [-0.25, -0.2) is 9.97 Å². The number of nitro groups is 1. The van der Waals surface area contributed by atoms with Crippen molar-refractivity contribution < 1.29 is 14.4 Å². The molecule has 0 saturated heterocycles. The fourth-order valence-corrected chi connectivity index (χ4v) is 3.83. The second-order valence-electron chi connectivity index (χ2n) is 7.14. The van der Waals surface area contributed by atoms with Gasteiger partial charge in [0.05, 0.1) is 29.2 Å². The number of hydrogen-bond donors (Lipinski definition) is 0. The van der Waals surface area contributed by atoms with Crippen LogP contribution in [0.4, 0.5) is 5.69 Å². The van der Waals surface area contributed by atoms with Gasteiger partial charge in [0.2, 0.25) is 5.88 Å². The number of hydrogen-bond acceptors (Lipinski definition) is 8. The molecule has 4 rings (SSSR count). The summed E-state index contributed by atoms with van der Waals surface area (Å²) in [6, 6.07) is 11.0. The van der Waals surface area contributed by atoms with E-state index in [1.165, 1.54) is 30.1 Å². The third-order valence-electron chi connectivity index (χ3n) is 4.91. The van der Waals surface area contributed by atoms with E-state index >= 15 is 0 Å². The topological polar surface area (TPSA) is 122 Å². The number of methoxy groups -OCH3 is 1. The van der Waals surface area contributed by atoms with Crippen LogP contribution in [0.5, 0.6) is 17.4 Å². The van der Waals surface area contributed by atoms with Crippen LogP contribution in [0.3, 0.4) is 0 Å². The number of aromatic nitrogens is 3. The van der Waals surface area contributed by atoms with Crippen LogP contribution in [-0.4, -0.2) is 32.9 Å². The molecule has 0 amide bonds. The summed E-state index contributed by atoms with van der Waals surface area (Å²) in [7, 11) is 1.44. The van der Waals surface area contributed by atoms with Gasteiger partial charge in [-0.3, -0.25) is 14.9 Å². The van der Waals surface area contributed by atoms with Crippen molar-refractivity contribution in [2.24, 2.45) is 5.10 Å². The molecule has 4 aromatic rings. The van der Waals surface area contributed by atoms with Crippen LogP contribution < -0.4 is 15.0 Å². The minimum Gasteiger partial charge on any atom is -0.493 e. The molecule has 0 N–H and O–H groups in total. The van der Waals surface area contributed by atoms with E-state index in [9.17, 15) is 14.9 Å². The maximum Gasteiger partial charge on any atom is 0.287 e. The molecule has 0 atom stereocenters. The number of pyridine rings is 1. The van der Waals surface area contributed by atoms with Crippen LogP contribution in [0.2, 0.25) is 5.02 Å². The van der Waals surface area contributed by atoms with E-state index in [0.717, 1.165) is 10.7 Å². The van der Waals surface area contributed by atoms with E-state index in [4.69, 9.17) is 21.1 Å². The Morgan fingerprint density at radius 2 is 2.06 bits per heavy atom. The van der Waals surface area contributed by atoms with Crippen molar-refractivity contribution in [3.63, 3.8) is 0 Å². The smallest absolute Gasteiger partial charge is 0.287 e. The van der Waals surface area contributed by atoms with Crippen molar-refractivity contribution in [1.82, 2.24) is 14.6 Å².